The van der Waals surface area contributed by atoms with Gasteiger partial charge >= 0.3 is 0 Å². The molecule has 2 aromatic rings. The van der Waals surface area contributed by atoms with E-state index in [9.17, 15) is 9.59 Å². The maximum Gasteiger partial charge on any atom is 0.243 e. The van der Waals surface area contributed by atoms with E-state index in [0.29, 0.717) is 13.0 Å². The van der Waals surface area contributed by atoms with Crippen LogP contribution in [0.4, 0.5) is 5.69 Å². The Labute approximate surface area is 184 Å². The zero-order valence-corrected chi connectivity index (χ0v) is 18.1. The standard InChI is InChI=1S/C25H32N4O2/c30-24(20-29-13-5-4-8-25(29)31)26-23-11-9-22(10-12-23)19-28-16-14-27(15-17-28)18-21-6-2-1-3-7-21/h1-3,6-7,9-12H,4-5,8,13-20H2,(H,26,30). The predicted molar refractivity (Wildman–Crippen MR) is 122 cm³/mol. The van der Waals surface area contributed by atoms with Crippen molar-refractivity contribution in [2.24, 2.45) is 0 Å². The lowest BCUT2D eigenvalue weighted by molar-refractivity contribution is -0.136. The number of piperidine rings is 1. The molecular formula is C25H32N4O2. The summed E-state index contributed by atoms with van der Waals surface area (Å²) in [6.07, 6.45) is 2.47. The molecule has 0 spiro atoms. The molecule has 6 heteroatoms. The molecule has 31 heavy (non-hydrogen) atoms. The molecule has 0 radical (unpaired) electrons. The highest BCUT2D eigenvalue weighted by atomic mass is 16.2. The van der Waals surface area contributed by atoms with Crippen LogP contribution >= 0.6 is 0 Å². The van der Waals surface area contributed by atoms with Crippen LogP contribution in [-0.4, -0.2) is 65.8 Å². The summed E-state index contributed by atoms with van der Waals surface area (Å²) >= 11 is 0. The fourth-order valence-electron chi connectivity index (χ4n) is 4.30. The van der Waals surface area contributed by atoms with Crippen LogP contribution in [0.5, 0.6) is 0 Å². The predicted octanol–water partition coefficient (Wildman–Crippen LogP) is 2.96. The molecular weight excluding hydrogens is 388 g/mol. The molecule has 4 rings (SSSR count). The molecule has 2 aromatic carbocycles. The molecule has 0 atom stereocenters. The van der Waals surface area contributed by atoms with Crippen molar-refractivity contribution >= 4 is 17.5 Å². The van der Waals surface area contributed by atoms with Gasteiger partial charge in [0, 0.05) is 57.9 Å². The van der Waals surface area contributed by atoms with Crippen LogP contribution in [0.2, 0.25) is 0 Å². The van der Waals surface area contributed by atoms with E-state index in [0.717, 1.165) is 57.8 Å². The van der Waals surface area contributed by atoms with Gasteiger partial charge in [-0.25, -0.2) is 0 Å². The maximum atomic E-state index is 12.3. The van der Waals surface area contributed by atoms with E-state index >= 15 is 0 Å². The second kappa shape index (κ2) is 10.6. The van der Waals surface area contributed by atoms with Gasteiger partial charge < -0.3 is 10.2 Å². The number of carbonyl (C=O) groups excluding carboxylic acids is 2. The first kappa shape index (κ1) is 21.5. The minimum atomic E-state index is -0.127. The second-order valence-electron chi connectivity index (χ2n) is 8.56. The normalized spacial score (nSPS) is 18.2. The maximum absolute atomic E-state index is 12.3. The van der Waals surface area contributed by atoms with E-state index in [1.165, 1.54) is 11.1 Å². The zero-order chi connectivity index (χ0) is 21.5. The Balaban J connectivity index is 1.20. The molecule has 2 amide bonds. The summed E-state index contributed by atoms with van der Waals surface area (Å²) in [6, 6.07) is 18.7. The van der Waals surface area contributed by atoms with Crippen molar-refractivity contribution in [3.05, 3.63) is 65.7 Å². The first-order valence-electron chi connectivity index (χ1n) is 11.3. The Hall–Kier alpha value is -2.70. The summed E-state index contributed by atoms with van der Waals surface area (Å²) in [7, 11) is 0. The van der Waals surface area contributed by atoms with Gasteiger partial charge in [-0.05, 0) is 36.1 Å². The molecule has 164 valence electrons. The highest BCUT2D eigenvalue weighted by molar-refractivity contribution is 5.94. The monoisotopic (exact) mass is 420 g/mol. The Morgan fingerprint density at radius 3 is 2.00 bits per heavy atom. The minimum Gasteiger partial charge on any atom is -0.333 e. The van der Waals surface area contributed by atoms with Crippen LogP contribution in [0.3, 0.4) is 0 Å². The molecule has 2 fully saturated rings. The third-order valence-electron chi connectivity index (χ3n) is 6.11. The lowest BCUT2D eigenvalue weighted by Gasteiger charge is -2.34. The second-order valence-corrected chi connectivity index (χ2v) is 8.56. The summed E-state index contributed by atoms with van der Waals surface area (Å²) < 4.78 is 0. The van der Waals surface area contributed by atoms with E-state index in [1.54, 1.807) is 4.90 Å². The summed E-state index contributed by atoms with van der Waals surface area (Å²) in [5.74, 6) is -0.0434. The molecule has 1 N–H and O–H groups in total. The number of carbonyl (C=O) groups is 2. The van der Waals surface area contributed by atoms with Crippen molar-refractivity contribution in [2.75, 3.05) is 44.6 Å². The van der Waals surface area contributed by atoms with Crippen molar-refractivity contribution in [2.45, 2.75) is 32.4 Å². The molecule has 0 bridgehead atoms. The van der Waals surface area contributed by atoms with E-state index in [1.807, 2.05) is 12.1 Å². The van der Waals surface area contributed by atoms with E-state index in [-0.39, 0.29) is 18.4 Å². The van der Waals surface area contributed by atoms with Crippen LogP contribution < -0.4 is 5.32 Å². The highest BCUT2D eigenvalue weighted by Gasteiger charge is 2.20. The first-order chi connectivity index (χ1) is 15.2. The SMILES string of the molecule is O=C(CN1CCCCC1=O)Nc1ccc(CN2CCN(Cc3ccccc3)CC2)cc1. The minimum absolute atomic E-state index is 0.0839. The lowest BCUT2D eigenvalue weighted by Crippen LogP contribution is -2.45. The summed E-state index contributed by atoms with van der Waals surface area (Å²) in [5.41, 5.74) is 3.41. The topological polar surface area (TPSA) is 55.9 Å². The Bertz CT molecular complexity index is 861. The summed E-state index contributed by atoms with van der Waals surface area (Å²) in [5, 5.41) is 2.92. The molecule has 0 aliphatic carbocycles. The van der Waals surface area contributed by atoms with Gasteiger partial charge in [-0.2, -0.15) is 0 Å². The Morgan fingerprint density at radius 2 is 1.39 bits per heavy atom. The first-order valence-corrected chi connectivity index (χ1v) is 11.3. The largest absolute Gasteiger partial charge is 0.333 e. The molecule has 2 heterocycles. The van der Waals surface area contributed by atoms with Gasteiger partial charge in [0.2, 0.25) is 11.8 Å². The van der Waals surface area contributed by atoms with E-state index in [4.69, 9.17) is 0 Å². The highest BCUT2D eigenvalue weighted by Crippen LogP contribution is 2.15. The van der Waals surface area contributed by atoms with Gasteiger partial charge in [-0.1, -0.05) is 42.5 Å². The number of piperazine rings is 1. The summed E-state index contributed by atoms with van der Waals surface area (Å²) in [6.45, 7) is 7.07. The van der Waals surface area contributed by atoms with Crippen LogP contribution in [0.25, 0.3) is 0 Å². The quantitative estimate of drug-likeness (QED) is 0.748. The van der Waals surface area contributed by atoms with Gasteiger partial charge in [0.15, 0.2) is 0 Å². The number of nitrogens with zero attached hydrogens (tertiary/aromatic N) is 3. The molecule has 2 saturated heterocycles. The number of hydrogen-bond acceptors (Lipinski definition) is 4. The smallest absolute Gasteiger partial charge is 0.243 e. The molecule has 2 aliphatic heterocycles. The number of nitrogens with one attached hydrogen (secondary N) is 1. The van der Waals surface area contributed by atoms with Crippen molar-refractivity contribution in [1.29, 1.82) is 0 Å². The van der Waals surface area contributed by atoms with Crippen LogP contribution in [0.15, 0.2) is 54.6 Å². The average molecular weight is 421 g/mol. The fraction of sp³-hybridized carbons (Fsp3) is 0.440. The molecule has 6 nitrogen and oxygen atoms in total. The van der Waals surface area contributed by atoms with Gasteiger partial charge in [-0.3, -0.25) is 19.4 Å². The van der Waals surface area contributed by atoms with E-state index < -0.39 is 0 Å². The molecule has 0 unspecified atom stereocenters. The van der Waals surface area contributed by atoms with Crippen molar-refractivity contribution in [3.63, 3.8) is 0 Å². The van der Waals surface area contributed by atoms with Gasteiger partial charge in [-0.15, -0.1) is 0 Å². The number of benzene rings is 2. The molecule has 0 saturated carbocycles. The number of rotatable bonds is 7. The van der Waals surface area contributed by atoms with Crippen molar-refractivity contribution < 1.29 is 9.59 Å². The zero-order valence-electron chi connectivity index (χ0n) is 18.1. The number of likely N-dealkylation sites (tertiary alicyclic amines) is 1. The number of amides is 2. The number of anilines is 1. The van der Waals surface area contributed by atoms with Gasteiger partial charge in [0.05, 0.1) is 6.54 Å². The van der Waals surface area contributed by atoms with Gasteiger partial charge in [0.1, 0.15) is 0 Å². The molecule has 0 aromatic heterocycles. The van der Waals surface area contributed by atoms with Crippen LogP contribution in [0, 0.1) is 0 Å². The van der Waals surface area contributed by atoms with Crippen molar-refractivity contribution in [1.82, 2.24) is 14.7 Å². The Morgan fingerprint density at radius 1 is 0.774 bits per heavy atom. The third-order valence-corrected chi connectivity index (χ3v) is 6.11. The molecule has 2 aliphatic rings. The third kappa shape index (κ3) is 6.39. The van der Waals surface area contributed by atoms with Crippen molar-refractivity contribution in [3.8, 4) is 0 Å². The van der Waals surface area contributed by atoms with Crippen LogP contribution in [0.1, 0.15) is 30.4 Å². The lowest BCUT2D eigenvalue weighted by atomic mass is 10.1. The van der Waals surface area contributed by atoms with Gasteiger partial charge in [0.25, 0.3) is 0 Å². The Kier molecular flexibility index (Phi) is 7.33. The number of hydrogen-bond donors (Lipinski definition) is 1. The fourth-order valence-corrected chi connectivity index (χ4v) is 4.30. The van der Waals surface area contributed by atoms with E-state index in [2.05, 4.69) is 57.6 Å². The average Bonchev–Trinajstić information content (AvgIpc) is 2.79. The summed E-state index contributed by atoms with van der Waals surface area (Å²) in [4.78, 5) is 30.8. The van der Waals surface area contributed by atoms with Crippen LogP contribution in [-0.2, 0) is 22.7 Å².